The van der Waals surface area contributed by atoms with Gasteiger partial charge in [0.05, 0.1) is 18.6 Å². The van der Waals surface area contributed by atoms with Gasteiger partial charge in [0.1, 0.15) is 5.54 Å². The molecule has 38 heavy (non-hydrogen) atoms. The molecule has 1 unspecified atom stereocenters. The quantitative estimate of drug-likeness (QED) is 0.435. The standard InChI is InChI=1S/C28H30N4O4S2/c1-28(21-9-5-4-6-10-21)19-32(27(30-28)36-2)38(34,35)24-15-16-25-20(18-24)8-7-17-31(25)26(33)29-22-11-13-23(37-3)14-12-22/h4-6,9-16,18H,7-8,17,19H2,1-3H3,(H,29,33). The molecule has 3 aromatic carbocycles. The molecule has 2 amide bonds. The van der Waals surface area contributed by atoms with Crippen LogP contribution in [0.3, 0.4) is 0 Å². The molecule has 0 aliphatic carbocycles. The molecule has 0 fully saturated rings. The van der Waals surface area contributed by atoms with E-state index in [0.29, 0.717) is 24.3 Å². The molecule has 1 atom stereocenters. The Morgan fingerprint density at radius 1 is 1.08 bits per heavy atom. The Morgan fingerprint density at radius 2 is 1.82 bits per heavy atom. The Labute approximate surface area is 227 Å². The summed E-state index contributed by atoms with van der Waals surface area (Å²) in [7, 11) is -2.52. The molecule has 8 nitrogen and oxygen atoms in total. The van der Waals surface area contributed by atoms with Crippen LogP contribution in [0.15, 0.2) is 87.6 Å². The van der Waals surface area contributed by atoms with E-state index in [9.17, 15) is 13.2 Å². The van der Waals surface area contributed by atoms with E-state index in [1.54, 1.807) is 34.9 Å². The lowest BCUT2D eigenvalue weighted by Gasteiger charge is -2.30. The molecule has 0 saturated heterocycles. The van der Waals surface area contributed by atoms with Gasteiger partial charge < -0.3 is 10.1 Å². The molecular formula is C28H30N4O4S2. The lowest BCUT2D eigenvalue weighted by atomic mass is 9.94. The van der Waals surface area contributed by atoms with Crippen molar-refractivity contribution >= 4 is 45.2 Å². The van der Waals surface area contributed by atoms with Crippen LogP contribution >= 0.6 is 11.8 Å². The third kappa shape index (κ3) is 4.86. The summed E-state index contributed by atoms with van der Waals surface area (Å²) in [6.07, 6.45) is 3.41. The molecule has 0 radical (unpaired) electrons. The first-order valence-electron chi connectivity index (χ1n) is 12.3. The second kappa shape index (κ2) is 10.3. The molecule has 2 heterocycles. The molecular weight excluding hydrogens is 520 g/mol. The Balaban J connectivity index is 1.39. The minimum atomic E-state index is -3.95. The summed E-state index contributed by atoms with van der Waals surface area (Å²) in [5, 5.41) is 2.95. The number of anilines is 2. The van der Waals surface area contributed by atoms with Crippen molar-refractivity contribution in [1.29, 1.82) is 0 Å². The van der Waals surface area contributed by atoms with Crippen LogP contribution in [0.2, 0.25) is 0 Å². The second-order valence-corrected chi connectivity index (χ2v) is 12.2. The molecule has 2 aliphatic heterocycles. The normalized spacial score (nSPS) is 19.1. The summed E-state index contributed by atoms with van der Waals surface area (Å²) in [6.45, 7) is 2.58. The highest BCUT2D eigenvalue weighted by Gasteiger charge is 2.44. The number of aliphatic imine (C=N–C) groups is 1. The van der Waals surface area contributed by atoms with Gasteiger partial charge in [-0.3, -0.25) is 4.90 Å². The van der Waals surface area contributed by atoms with E-state index in [1.807, 2.05) is 67.8 Å². The third-order valence-corrected chi connectivity index (χ3v) is 9.39. The van der Waals surface area contributed by atoms with Crippen LogP contribution in [0.25, 0.3) is 0 Å². The molecule has 2 aliphatic rings. The first-order chi connectivity index (χ1) is 18.2. The fraction of sp³-hybridized carbons (Fsp3) is 0.286. The number of carbonyl (C=O) groups is 1. The molecule has 3 aromatic rings. The number of rotatable bonds is 5. The average molecular weight is 551 g/mol. The monoisotopic (exact) mass is 550 g/mol. The fourth-order valence-electron chi connectivity index (χ4n) is 4.88. The number of amidine groups is 1. The van der Waals surface area contributed by atoms with Gasteiger partial charge in [-0.25, -0.2) is 22.5 Å². The van der Waals surface area contributed by atoms with Crippen LogP contribution in [-0.4, -0.2) is 51.2 Å². The number of methoxy groups -OCH3 is 1. The van der Waals surface area contributed by atoms with Crippen LogP contribution in [-0.2, 0) is 26.7 Å². The van der Waals surface area contributed by atoms with E-state index >= 15 is 0 Å². The lowest BCUT2D eigenvalue weighted by Crippen LogP contribution is -2.39. The third-order valence-electron chi connectivity index (χ3n) is 6.93. The van der Waals surface area contributed by atoms with Crippen molar-refractivity contribution in [3.8, 4) is 0 Å². The summed E-state index contributed by atoms with van der Waals surface area (Å²) in [5.74, 6) is 0. The number of aryl methyl sites for hydroxylation is 1. The van der Waals surface area contributed by atoms with Crippen LogP contribution < -0.4 is 10.2 Å². The number of nitrogens with zero attached hydrogens (tertiary/aromatic N) is 3. The SMILES string of the molecule is COC1=NC(C)(c2ccccc2)CN1S(=O)(=O)c1ccc2c(c1)CCCN2C(=O)Nc1ccc(SC)cc1. The van der Waals surface area contributed by atoms with E-state index < -0.39 is 15.6 Å². The van der Waals surface area contributed by atoms with Gasteiger partial charge in [0, 0.05) is 22.8 Å². The number of thioether (sulfide) groups is 1. The molecule has 198 valence electrons. The zero-order valence-electron chi connectivity index (χ0n) is 21.5. The molecule has 0 aromatic heterocycles. The number of benzene rings is 3. The van der Waals surface area contributed by atoms with Gasteiger partial charge in [0.25, 0.3) is 10.0 Å². The molecule has 0 saturated carbocycles. The minimum absolute atomic E-state index is 0.0579. The van der Waals surface area contributed by atoms with Gasteiger partial charge in [-0.1, -0.05) is 30.3 Å². The van der Waals surface area contributed by atoms with Crippen molar-refractivity contribution in [2.75, 3.05) is 36.7 Å². The van der Waals surface area contributed by atoms with Gasteiger partial charge in [-0.2, -0.15) is 0 Å². The van der Waals surface area contributed by atoms with Crippen molar-refractivity contribution in [3.63, 3.8) is 0 Å². The summed E-state index contributed by atoms with van der Waals surface area (Å²) >= 11 is 1.64. The molecule has 0 spiro atoms. The first kappa shape index (κ1) is 26.1. The van der Waals surface area contributed by atoms with Crippen molar-refractivity contribution in [2.45, 2.75) is 35.1 Å². The van der Waals surface area contributed by atoms with E-state index in [4.69, 9.17) is 4.74 Å². The highest BCUT2D eigenvalue weighted by Crippen LogP contribution is 2.37. The first-order valence-corrected chi connectivity index (χ1v) is 15.0. The zero-order chi connectivity index (χ0) is 26.9. The van der Waals surface area contributed by atoms with Crippen molar-refractivity contribution in [1.82, 2.24) is 4.31 Å². The summed E-state index contributed by atoms with van der Waals surface area (Å²) in [5.41, 5.74) is 2.37. The maximum atomic E-state index is 13.8. The fourth-order valence-corrected chi connectivity index (χ4v) is 6.81. The van der Waals surface area contributed by atoms with Gasteiger partial charge in [-0.05, 0) is 79.6 Å². The van der Waals surface area contributed by atoms with Crippen molar-refractivity contribution in [2.24, 2.45) is 4.99 Å². The highest BCUT2D eigenvalue weighted by molar-refractivity contribution is 7.98. The maximum Gasteiger partial charge on any atom is 0.326 e. The van der Waals surface area contributed by atoms with Crippen LogP contribution in [0.5, 0.6) is 0 Å². The molecule has 1 N–H and O–H groups in total. The van der Waals surface area contributed by atoms with Gasteiger partial charge in [0.15, 0.2) is 0 Å². The number of sulfonamides is 1. The maximum absolute atomic E-state index is 13.8. The predicted molar refractivity (Wildman–Crippen MR) is 151 cm³/mol. The smallest absolute Gasteiger partial charge is 0.326 e. The van der Waals surface area contributed by atoms with Crippen LogP contribution in [0.4, 0.5) is 16.2 Å². The number of hydrogen-bond acceptors (Lipinski definition) is 6. The Morgan fingerprint density at radius 3 is 2.50 bits per heavy atom. The second-order valence-electron chi connectivity index (χ2n) is 9.45. The number of urea groups is 1. The molecule has 0 bridgehead atoms. The number of hydrogen-bond donors (Lipinski definition) is 1. The summed E-state index contributed by atoms with van der Waals surface area (Å²) < 4.78 is 34.2. The number of carbonyl (C=O) groups excluding carboxylic acids is 1. The number of nitrogens with one attached hydrogen (secondary N) is 1. The molecule has 10 heteroatoms. The molecule has 5 rings (SSSR count). The van der Waals surface area contributed by atoms with Gasteiger partial charge in [-0.15, -0.1) is 11.8 Å². The Kier molecular flexibility index (Phi) is 7.11. The summed E-state index contributed by atoms with van der Waals surface area (Å²) in [4.78, 5) is 20.7. The van der Waals surface area contributed by atoms with Crippen LogP contribution in [0, 0.1) is 0 Å². The van der Waals surface area contributed by atoms with Crippen molar-refractivity contribution in [3.05, 3.63) is 83.9 Å². The number of amides is 2. The largest absolute Gasteiger partial charge is 0.468 e. The number of ether oxygens (including phenoxy) is 1. The van der Waals surface area contributed by atoms with Gasteiger partial charge in [0.2, 0.25) is 0 Å². The topological polar surface area (TPSA) is 91.3 Å². The minimum Gasteiger partial charge on any atom is -0.468 e. The van der Waals surface area contributed by atoms with E-state index in [2.05, 4.69) is 10.3 Å². The average Bonchev–Trinajstić information content (AvgIpc) is 3.32. The van der Waals surface area contributed by atoms with Gasteiger partial charge >= 0.3 is 12.1 Å². The Hall–Kier alpha value is -3.50. The predicted octanol–water partition coefficient (Wildman–Crippen LogP) is 5.32. The number of fused-ring (bicyclic) bond motifs is 1. The van der Waals surface area contributed by atoms with E-state index in [0.717, 1.165) is 22.4 Å². The Bertz CT molecular complexity index is 1480. The van der Waals surface area contributed by atoms with E-state index in [1.165, 1.54) is 11.4 Å². The summed E-state index contributed by atoms with van der Waals surface area (Å²) in [6, 6.07) is 22.0. The van der Waals surface area contributed by atoms with Crippen LogP contribution in [0.1, 0.15) is 24.5 Å². The van der Waals surface area contributed by atoms with E-state index in [-0.39, 0.29) is 23.5 Å². The lowest BCUT2D eigenvalue weighted by molar-refractivity contribution is 0.256. The van der Waals surface area contributed by atoms with Crippen molar-refractivity contribution < 1.29 is 17.9 Å². The highest BCUT2D eigenvalue weighted by atomic mass is 32.2. The zero-order valence-corrected chi connectivity index (χ0v) is 23.2.